The molecule has 0 aromatic heterocycles. The standard InChI is InChI=1S/C12H10F15NO/c13-6(14,5-28-1-3-29-4-2-28)7(15,16)8(17,18)9(19,20)10(21,22)11(23,24)12(25,26)27/h1-5H2. The van der Waals surface area contributed by atoms with Crippen molar-refractivity contribution in [2.24, 2.45) is 0 Å². The van der Waals surface area contributed by atoms with Crippen molar-refractivity contribution in [2.45, 2.75) is 41.7 Å². The van der Waals surface area contributed by atoms with Gasteiger partial charge in [-0.25, -0.2) is 0 Å². The second-order valence-electron chi connectivity index (χ2n) is 5.96. The Balaban J connectivity index is 3.37. The predicted molar refractivity (Wildman–Crippen MR) is 63.0 cm³/mol. The first-order chi connectivity index (χ1) is 12.6. The number of nitrogens with zero attached hydrogens (tertiary/aromatic N) is 1. The summed E-state index contributed by atoms with van der Waals surface area (Å²) in [6, 6.07) is 0. The van der Waals surface area contributed by atoms with E-state index in [0.29, 0.717) is 0 Å². The highest BCUT2D eigenvalue weighted by atomic mass is 19.4. The molecule has 0 N–H and O–H groups in total. The zero-order chi connectivity index (χ0) is 23.3. The van der Waals surface area contributed by atoms with Gasteiger partial charge in [-0.3, -0.25) is 4.90 Å². The minimum Gasteiger partial charge on any atom is -0.379 e. The molecule has 1 aliphatic heterocycles. The van der Waals surface area contributed by atoms with Crippen LogP contribution in [0.1, 0.15) is 0 Å². The van der Waals surface area contributed by atoms with Gasteiger partial charge in [0.2, 0.25) is 0 Å². The summed E-state index contributed by atoms with van der Waals surface area (Å²) in [6.07, 6.45) is -7.60. The summed E-state index contributed by atoms with van der Waals surface area (Å²) in [4.78, 5) is 0.286. The number of alkyl halides is 15. The molecule has 174 valence electrons. The maximum atomic E-state index is 13.6. The summed E-state index contributed by atoms with van der Waals surface area (Å²) in [5.41, 5.74) is 0. The Bertz CT molecular complexity index is 578. The molecule has 2 nitrogen and oxygen atoms in total. The minimum atomic E-state index is -8.24. The molecule has 0 radical (unpaired) electrons. The molecule has 1 fully saturated rings. The Morgan fingerprint density at radius 2 is 0.862 bits per heavy atom. The van der Waals surface area contributed by atoms with E-state index in [9.17, 15) is 65.9 Å². The fourth-order valence-electron chi connectivity index (χ4n) is 2.14. The van der Waals surface area contributed by atoms with Gasteiger partial charge in [-0.15, -0.1) is 0 Å². The topological polar surface area (TPSA) is 12.5 Å². The fraction of sp³-hybridized carbons (Fsp3) is 1.00. The van der Waals surface area contributed by atoms with Gasteiger partial charge < -0.3 is 4.74 Å². The highest BCUT2D eigenvalue weighted by molar-refractivity contribution is 5.13. The van der Waals surface area contributed by atoms with Crippen LogP contribution in [-0.2, 0) is 4.74 Å². The molecular weight excluding hydrogens is 459 g/mol. The van der Waals surface area contributed by atoms with E-state index in [2.05, 4.69) is 4.74 Å². The molecule has 0 spiro atoms. The Hall–Kier alpha value is -1.13. The van der Waals surface area contributed by atoms with Crippen LogP contribution in [0.5, 0.6) is 0 Å². The molecule has 1 heterocycles. The first-order valence-electron chi connectivity index (χ1n) is 7.21. The monoisotopic (exact) mass is 469 g/mol. The summed E-state index contributed by atoms with van der Waals surface area (Å²) in [6.45, 7) is -4.39. The quantitative estimate of drug-likeness (QED) is 0.502. The molecule has 29 heavy (non-hydrogen) atoms. The Labute approximate surface area is 151 Å². The predicted octanol–water partition coefficient (Wildman–Crippen LogP) is 4.69. The van der Waals surface area contributed by atoms with E-state index in [-0.39, 0.29) is 18.1 Å². The Morgan fingerprint density at radius 1 is 0.517 bits per heavy atom. The lowest BCUT2D eigenvalue weighted by Crippen LogP contribution is -2.73. The van der Waals surface area contributed by atoms with E-state index in [1.807, 2.05) is 0 Å². The van der Waals surface area contributed by atoms with Crippen LogP contribution in [0.15, 0.2) is 0 Å². The van der Waals surface area contributed by atoms with Gasteiger partial charge in [0, 0.05) is 13.1 Å². The maximum absolute atomic E-state index is 13.6. The van der Waals surface area contributed by atoms with Crippen molar-refractivity contribution >= 4 is 0 Å². The van der Waals surface area contributed by atoms with Crippen molar-refractivity contribution in [3.8, 4) is 0 Å². The fourth-order valence-corrected chi connectivity index (χ4v) is 2.14. The molecule has 17 heteroatoms. The van der Waals surface area contributed by atoms with Crippen molar-refractivity contribution in [1.82, 2.24) is 4.90 Å². The molecule has 1 saturated heterocycles. The first-order valence-corrected chi connectivity index (χ1v) is 7.21. The van der Waals surface area contributed by atoms with Crippen molar-refractivity contribution < 1.29 is 70.6 Å². The zero-order valence-electron chi connectivity index (χ0n) is 13.6. The minimum absolute atomic E-state index is 0.286. The van der Waals surface area contributed by atoms with Gasteiger partial charge in [0.1, 0.15) is 0 Å². The van der Waals surface area contributed by atoms with Gasteiger partial charge in [-0.1, -0.05) is 0 Å². The summed E-state index contributed by atoms with van der Waals surface area (Å²) >= 11 is 0. The van der Waals surface area contributed by atoms with Crippen LogP contribution >= 0.6 is 0 Å². The highest BCUT2D eigenvalue weighted by Gasteiger charge is 2.93. The van der Waals surface area contributed by atoms with E-state index in [1.165, 1.54) is 0 Å². The lowest BCUT2D eigenvalue weighted by atomic mass is 9.91. The second kappa shape index (κ2) is 7.23. The molecule has 1 aliphatic rings. The van der Waals surface area contributed by atoms with Crippen molar-refractivity contribution in [3.05, 3.63) is 0 Å². The Morgan fingerprint density at radius 3 is 1.24 bits per heavy atom. The third kappa shape index (κ3) is 3.83. The van der Waals surface area contributed by atoms with Crippen molar-refractivity contribution in [1.29, 1.82) is 0 Å². The van der Waals surface area contributed by atoms with E-state index >= 15 is 0 Å². The number of ether oxygens (including phenoxy) is 1. The molecule has 0 atom stereocenters. The average molecular weight is 469 g/mol. The SMILES string of the molecule is FC(F)(F)C(F)(F)C(F)(F)C(F)(F)C(F)(F)C(F)(F)C(F)(F)CN1CCOCC1. The van der Waals surface area contributed by atoms with Crippen LogP contribution in [-0.4, -0.2) is 79.5 Å². The van der Waals surface area contributed by atoms with Crippen LogP contribution < -0.4 is 0 Å². The number of hydrogen-bond acceptors (Lipinski definition) is 2. The maximum Gasteiger partial charge on any atom is 0.460 e. The van der Waals surface area contributed by atoms with E-state index in [0.717, 1.165) is 0 Å². The van der Waals surface area contributed by atoms with E-state index in [1.54, 1.807) is 0 Å². The van der Waals surface area contributed by atoms with Gasteiger partial charge in [0.05, 0.1) is 19.8 Å². The molecule has 0 aromatic carbocycles. The van der Waals surface area contributed by atoms with Crippen LogP contribution in [0.4, 0.5) is 65.9 Å². The highest BCUT2D eigenvalue weighted by Crippen LogP contribution is 2.62. The number of hydrogen-bond donors (Lipinski definition) is 0. The second-order valence-corrected chi connectivity index (χ2v) is 5.96. The average Bonchev–Trinajstić information content (AvgIpc) is 2.53. The van der Waals surface area contributed by atoms with E-state index < -0.39 is 61.3 Å². The van der Waals surface area contributed by atoms with Crippen LogP contribution in [0.25, 0.3) is 0 Å². The lowest BCUT2D eigenvalue weighted by molar-refractivity contribution is -0.452. The number of halogens is 15. The van der Waals surface area contributed by atoms with Gasteiger partial charge in [-0.2, -0.15) is 65.9 Å². The molecule has 0 aromatic rings. The molecule has 1 rings (SSSR count). The smallest absolute Gasteiger partial charge is 0.379 e. The largest absolute Gasteiger partial charge is 0.460 e. The van der Waals surface area contributed by atoms with Gasteiger partial charge in [0.15, 0.2) is 0 Å². The molecule has 0 amide bonds. The number of rotatable bonds is 7. The lowest BCUT2D eigenvalue weighted by Gasteiger charge is -2.42. The van der Waals surface area contributed by atoms with Gasteiger partial charge in [0.25, 0.3) is 0 Å². The molecular formula is C12H10F15NO. The van der Waals surface area contributed by atoms with Crippen molar-refractivity contribution in [2.75, 3.05) is 32.8 Å². The third-order valence-electron chi connectivity index (χ3n) is 3.92. The summed E-state index contributed by atoms with van der Waals surface area (Å²) < 4.78 is 200. The molecule has 0 aliphatic carbocycles. The molecule has 0 saturated carbocycles. The Kier molecular flexibility index (Phi) is 6.46. The number of morpholine rings is 1. The van der Waals surface area contributed by atoms with Crippen LogP contribution in [0, 0.1) is 0 Å². The summed E-state index contributed by atoms with van der Waals surface area (Å²) in [5.74, 6) is -46.1. The normalized spacial score (nSPS) is 19.6. The third-order valence-corrected chi connectivity index (χ3v) is 3.92. The molecule has 0 unspecified atom stereocenters. The molecule has 0 bridgehead atoms. The van der Waals surface area contributed by atoms with Gasteiger partial charge in [-0.05, 0) is 0 Å². The van der Waals surface area contributed by atoms with E-state index in [4.69, 9.17) is 0 Å². The zero-order valence-corrected chi connectivity index (χ0v) is 13.6. The van der Waals surface area contributed by atoms with Crippen LogP contribution in [0.3, 0.4) is 0 Å². The summed E-state index contributed by atoms with van der Waals surface area (Å²) in [5, 5.41) is 0. The first kappa shape index (κ1) is 25.9. The van der Waals surface area contributed by atoms with Crippen LogP contribution in [0.2, 0.25) is 0 Å². The van der Waals surface area contributed by atoms with Crippen molar-refractivity contribution in [3.63, 3.8) is 0 Å². The van der Waals surface area contributed by atoms with Gasteiger partial charge >= 0.3 is 41.7 Å². The summed E-state index contributed by atoms with van der Waals surface area (Å²) in [7, 11) is 0.